The van der Waals surface area contributed by atoms with Crippen molar-refractivity contribution in [1.29, 1.82) is 0 Å². The normalized spacial score (nSPS) is 25.6. The maximum atomic E-state index is 12.3. The molecule has 0 spiro atoms. The lowest BCUT2D eigenvalue weighted by Crippen LogP contribution is -2.63. The van der Waals surface area contributed by atoms with Crippen molar-refractivity contribution in [2.75, 3.05) is 0 Å². The van der Waals surface area contributed by atoms with Crippen molar-refractivity contribution in [2.24, 2.45) is 0 Å². The first-order valence-electron chi connectivity index (χ1n) is 6.81. The van der Waals surface area contributed by atoms with Crippen LogP contribution in [0.25, 0.3) is 0 Å². The summed E-state index contributed by atoms with van der Waals surface area (Å²) < 4.78 is 0. The van der Waals surface area contributed by atoms with Gasteiger partial charge in [0.25, 0.3) is 5.91 Å². The van der Waals surface area contributed by atoms with Gasteiger partial charge in [0.2, 0.25) is 0 Å². The summed E-state index contributed by atoms with van der Waals surface area (Å²) >= 11 is 0. The van der Waals surface area contributed by atoms with Crippen LogP contribution in [-0.2, 0) is 4.79 Å². The number of amides is 1. The van der Waals surface area contributed by atoms with Crippen LogP contribution in [0.5, 0.6) is 0 Å². The molecule has 1 aliphatic carbocycles. The van der Waals surface area contributed by atoms with Gasteiger partial charge >= 0.3 is 5.97 Å². The monoisotopic (exact) mass is 289 g/mol. The molecule has 0 bridgehead atoms. The van der Waals surface area contributed by atoms with Crippen LogP contribution in [0.1, 0.15) is 37.0 Å². The number of aliphatic hydroxyl groups excluding tert-OH is 1. The quantitative estimate of drug-likeness (QED) is 0.740. The van der Waals surface area contributed by atoms with Crippen molar-refractivity contribution in [3.8, 4) is 0 Å². The number of carbonyl (C=O) groups excluding carboxylic acids is 1. The molecule has 0 aliphatic heterocycles. The van der Waals surface area contributed by atoms with Gasteiger partial charge in [0, 0.05) is 12.0 Å². The largest absolute Gasteiger partial charge is 0.479 e. The van der Waals surface area contributed by atoms with Crippen LogP contribution in [-0.4, -0.2) is 33.7 Å². The van der Waals surface area contributed by atoms with Gasteiger partial charge in [-0.2, -0.15) is 0 Å². The average molecular weight is 289 g/mol. The van der Waals surface area contributed by atoms with Crippen LogP contribution in [0, 0.1) is 0 Å². The van der Waals surface area contributed by atoms with E-state index >= 15 is 0 Å². The maximum absolute atomic E-state index is 12.3. The first-order valence-corrected chi connectivity index (χ1v) is 6.81. The van der Waals surface area contributed by atoms with E-state index in [9.17, 15) is 19.8 Å². The number of carboxylic acid groups (broad SMARTS) is 1. The predicted molar refractivity (Wildman–Crippen MR) is 77.9 cm³/mol. The first kappa shape index (κ1) is 15.3. The Morgan fingerprint density at radius 1 is 1.19 bits per heavy atom. The molecule has 2 rings (SSSR count). The number of aliphatic hydroxyl groups is 1. The summed E-state index contributed by atoms with van der Waals surface area (Å²) in [6.07, 6.45) is -0.799. The molecule has 1 aromatic rings. The molecule has 0 aromatic heterocycles. The van der Waals surface area contributed by atoms with Crippen molar-refractivity contribution in [1.82, 2.24) is 5.32 Å². The minimum Gasteiger partial charge on any atom is -0.479 e. The van der Waals surface area contributed by atoms with Gasteiger partial charge in [0.15, 0.2) is 5.54 Å². The minimum atomic E-state index is -1.67. The molecule has 5 heteroatoms. The van der Waals surface area contributed by atoms with Gasteiger partial charge in [-0.05, 0) is 32.4 Å². The van der Waals surface area contributed by atoms with Gasteiger partial charge < -0.3 is 15.5 Å². The van der Waals surface area contributed by atoms with Crippen LogP contribution >= 0.6 is 0 Å². The Morgan fingerprint density at radius 2 is 1.81 bits per heavy atom. The Kier molecular flexibility index (Phi) is 4.14. The van der Waals surface area contributed by atoms with E-state index in [2.05, 4.69) is 5.32 Å². The summed E-state index contributed by atoms with van der Waals surface area (Å²) in [4.78, 5) is 24.0. The van der Waals surface area contributed by atoms with E-state index in [4.69, 9.17) is 0 Å². The molecule has 112 valence electrons. The summed E-state index contributed by atoms with van der Waals surface area (Å²) in [6.45, 7) is 3.69. The summed E-state index contributed by atoms with van der Waals surface area (Å²) in [5.41, 5.74) is 0.551. The van der Waals surface area contributed by atoms with E-state index in [1.54, 1.807) is 30.3 Å². The Labute approximate surface area is 123 Å². The molecule has 1 amide bonds. The van der Waals surface area contributed by atoms with Gasteiger partial charge in [-0.25, -0.2) is 4.79 Å². The number of aliphatic carboxylic acids is 1. The highest BCUT2D eigenvalue weighted by atomic mass is 16.4. The van der Waals surface area contributed by atoms with Gasteiger partial charge in [-0.15, -0.1) is 0 Å². The number of nitrogens with one attached hydrogen (secondary N) is 1. The van der Waals surface area contributed by atoms with E-state index in [1.165, 1.54) is 0 Å². The lowest BCUT2D eigenvalue weighted by atomic mass is 9.76. The molecule has 0 saturated carbocycles. The van der Waals surface area contributed by atoms with E-state index in [0.717, 1.165) is 11.1 Å². The standard InChI is InChI=1S/C16H19NO4/c1-10-8-13(18)16(15(20)21,9-11(10)2)17-14(19)12-6-4-3-5-7-12/h3-7,13,18H,8-9H2,1-2H3,(H,17,19)(H,20,21)/t13-,16+/m0/s1. The lowest BCUT2D eigenvalue weighted by Gasteiger charge is -2.39. The molecular formula is C16H19NO4. The van der Waals surface area contributed by atoms with Gasteiger partial charge in [0.1, 0.15) is 0 Å². The molecule has 1 aromatic carbocycles. The molecule has 0 heterocycles. The Morgan fingerprint density at radius 3 is 2.38 bits per heavy atom. The molecule has 2 atom stereocenters. The fraction of sp³-hybridized carbons (Fsp3) is 0.375. The van der Waals surface area contributed by atoms with Crippen molar-refractivity contribution in [2.45, 2.75) is 38.3 Å². The van der Waals surface area contributed by atoms with E-state index in [-0.39, 0.29) is 12.8 Å². The second kappa shape index (κ2) is 5.69. The summed E-state index contributed by atoms with van der Waals surface area (Å²) in [7, 11) is 0. The number of carboxylic acids is 1. The summed E-state index contributed by atoms with van der Waals surface area (Å²) in [6, 6.07) is 8.39. The highest BCUT2D eigenvalue weighted by Gasteiger charge is 2.49. The molecule has 0 fully saturated rings. The number of hydrogen-bond donors (Lipinski definition) is 3. The van der Waals surface area contributed by atoms with Crippen molar-refractivity contribution in [3.05, 3.63) is 47.0 Å². The highest BCUT2D eigenvalue weighted by Crippen LogP contribution is 2.33. The molecule has 1 aliphatic rings. The fourth-order valence-electron chi connectivity index (χ4n) is 2.59. The van der Waals surface area contributed by atoms with E-state index in [1.807, 2.05) is 13.8 Å². The minimum absolute atomic E-state index is 0.105. The zero-order valence-electron chi connectivity index (χ0n) is 12.1. The number of benzene rings is 1. The van der Waals surface area contributed by atoms with Crippen molar-refractivity contribution >= 4 is 11.9 Å². The third kappa shape index (κ3) is 2.83. The molecule has 3 N–H and O–H groups in total. The van der Waals surface area contributed by atoms with Crippen LogP contribution in [0.4, 0.5) is 0 Å². The number of hydrogen-bond acceptors (Lipinski definition) is 3. The van der Waals surface area contributed by atoms with Gasteiger partial charge in [-0.3, -0.25) is 4.79 Å². The van der Waals surface area contributed by atoms with Crippen LogP contribution in [0.3, 0.4) is 0 Å². The fourth-order valence-corrected chi connectivity index (χ4v) is 2.59. The zero-order chi connectivity index (χ0) is 15.6. The van der Waals surface area contributed by atoms with Crippen molar-refractivity contribution < 1.29 is 19.8 Å². The van der Waals surface area contributed by atoms with E-state index < -0.39 is 23.5 Å². The predicted octanol–water partition coefficient (Wildman–Crippen LogP) is 1.73. The second-order valence-electron chi connectivity index (χ2n) is 5.55. The maximum Gasteiger partial charge on any atom is 0.332 e. The first-order chi connectivity index (χ1) is 9.86. The molecule has 5 nitrogen and oxygen atoms in total. The van der Waals surface area contributed by atoms with Crippen molar-refractivity contribution in [3.63, 3.8) is 0 Å². The van der Waals surface area contributed by atoms with Crippen LogP contribution in [0.2, 0.25) is 0 Å². The molecule has 0 unspecified atom stereocenters. The van der Waals surface area contributed by atoms with Crippen LogP contribution in [0.15, 0.2) is 41.5 Å². The third-order valence-corrected chi connectivity index (χ3v) is 4.10. The Hall–Kier alpha value is -2.14. The average Bonchev–Trinajstić information content (AvgIpc) is 2.45. The summed E-state index contributed by atoms with van der Waals surface area (Å²) in [5, 5.41) is 22.3. The molecular weight excluding hydrogens is 270 g/mol. The van der Waals surface area contributed by atoms with Crippen LogP contribution < -0.4 is 5.32 Å². The topological polar surface area (TPSA) is 86.6 Å². The molecule has 0 saturated heterocycles. The van der Waals surface area contributed by atoms with E-state index in [0.29, 0.717) is 5.56 Å². The lowest BCUT2D eigenvalue weighted by molar-refractivity contribution is -0.150. The van der Waals surface area contributed by atoms with Gasteiger partial charge in [-0.1, -0.05) is 29.3 Å². The number of carbonyl (C=O) groups is 2. The smallest absolute Gasteiger partial charge is 0.332 e. The molecule has 0 radical (unpaired) electrons. The third-order valence-electron chi connectivity index (χ3n) is 4.10. The molecule has 21 heavy (non-hydrogen) atoms. The SMILES string of the molecule is CC1=C(C)C[C@](NC(=O)c2ccccc2)(C(=O)O)[C@@H](O)C1. The number of rotatable bonds is 3. The Balaban J connectivity index is 2.32. The highest BCUT2D eigenvalue weighted by molar-refractivity contribution is 5.98. The second-order valence-corrected chi connectivity index (χ2v) is 5.55. The summed E-state index contributed by atoms with van der Waals surface area (Å²) in [5.74, 6) is -1.71. The Bertz CT molecular complexity index is 594. The van der Waals surface area contributed by atoms with Gasteiger partial charge in [0.05, 0.1) is 6.10 Å². The zero-order valence-corrected chi connectivity index (χ0v) is 12.1.